The Balaban J connectivity index is 1.80. The molecule has 1 fully saturated rings. The van der Waals surface area contributed by atoms with E-state index in [0.29, 0.717) is 52.9 Å². The number of hydrogen-bond donors (Lipinski definition) is 1. The van der Waals surface area contributed by atoms with Crippen molar-refractivity contribution in [1.82, 2.24) is 24.6 Å². The maximum atomic E-state index is 14.4. The molecule has 1 atom stereocenters. The van der Waals surface area contributed by atoms with Crippen molar-refractivity contribution in [3.63, 3.8) is 0 Å². The molecule has 2 bridgehead atoms. The van der Waals surface area contributed by atoms with Crippen molar-refractivity contribution in [3.05, 3.63) is 47.0 Å². The van der Waals surface area contributed by atoms with Gasteiger partial charge in [0.05, 0.1) is 56.1 Å². The van der Waals surface area contributed by atoms with Crippen LogP contribution in [0.15, 0.2) is 24.4 Å². The standard InChI is InChI=1S/C22H24FN7O3/c1-28-10-16-18(22(32-3)29(2)27-16)15-9-25-19(24)20(26-15)30-6-7-33-11-17(30)14-8-12(23)4-5-13(14)21(28)31/h4-5,8-9,17H,6-7,10-11H2,1-3H3,(H2,24,25)/t17-/m1/s1. The normalized spacial score (nSPS) is 18.1. The predicted molar refractivity (Wildman–Crippen MR) is 118 cm³/mol. The molecule has 172 valence electrons. The Morgan fingerprint density at radius 2 is 2.12 bits per heavy atom. The first-order chi connectivity index (χ1) is 15.9. The highest BCUT2D eigenvalue weighted by Crippen LogP contribution is 2.38. The molecular weight excluding hydrogens is 429 g/mol. The Hall–Kier alpha value is -3.73. The van der Waals surface area contributed by atoms with Crippen molar-refractivity contribution in [2.75, 3.05) is 44.5 Å². The monoisotopic (exact) mass is 453 g/mol. The van der Waals surface area contributed by atoms with Gasteiger partial charge >= 0.3 is 0 Å². The van der Waals surface area contributed by atoms with Gasteiger partial charge in [0.15, 0.2) is 11.6 Å². The van der Waals surface area contributed by atoms with Crippen LogP contribution in [0.3, 0.4) is 0 Å². The first-order valence-corrected chi connectivity index (χ1v) is 10.5. The number of ether oxygens (including phenoxy) is 2. The number of benzene rings is 1. The SMILES string of the molecule is COc1c2c(nn1C)CN(C)C(=O)c1ccc(F)cc1[C@H]1COCCN1c1nc-2cnc1N. The van der Waals surface area contributed by atoms with Crippen LogP contribution in [0.25, 0.3) is 11.3 Å². The van der Waals surface area contributed by atoms with Gasteiger partial charge in [0.25, 0.3) is 5.91 Å². The van der Waals surface area contributed by atoms with E-state index in [1.54, 1.807) is 37.0 Å². The molecule has 1 aromatic carbocycles. The summed E-state index contributed by atoms with van der Waals surface area (Å²) in [5.41, 5.74) is 8.90. The highest BCUT2D eigenvalue weighted by atomic mass is 19.1. The van der Waals surface area contributed by atoms with Crippen LogP contribution >= 0.6 is 0 Å². The second-order valence-corrected chi connectivity index (χ2v) is 8.10. The van der Waals surface area contributed by atoms with Crippen LogP contribution in [0.2, 0.25) is 0 Å². The van der Waals surface area contributed by atoms with E-state index < -0.39 is 11.9 Å². The zero-order valence-corrected chi connectivity index (χ0v) is 18.6. The van der Waals surface area contributed by atoms with Crippen LogP contribution in [0.1, 0.15) is 27.7 Å². The average molecular weight is 453 g/mol. The molecule has 3 aromatic rings. The summed E-state index contributed by atoms with van der Waals surface area (Å²) in [6.07, 6.45) is 1.57. The molecular formula is C22H24FN7O3. The molecule has 1 saturated heterocycles. The average Bonchev–Trinajstić information content (AvgIpc) is 3.12. The van der Waals surface area contributed by atoms with Crippen molar-refractivity contribution in [1.29, 1.82) is 0 Å². The zero-order valence-electron chi connectivity index (χ0n) is 18.6. The lowest BCUT2D eigenvalue weighted by atomic mass is 9.97. The smallest absolute Gasteiger partial charge is 0.254 e. The van der Waals surface area contributed by atoms with Gasteiger partial charge in [0.1, 0.15) is 5.82 Å². The van der Waals surface area contributed by atoms with Gasteiger partial charge in [0, 0.05) is 26.2 Å². The predicted octanol–water partition coefficient (Wildman–Crippen LogP) is 1.77. The summed E-state index contributed by atoms with van der Waals surface area (Å²) in [6, 6.07) is 3.70. The number of morpholine rings is 1. The fourth-order valence-corrected chi connectivity index (χ4v) is 4.51. The van der Waals surface area contributed by atoms with Gasteiger partial charge in [0.2, 0.25) is 5.88 Å². The number of aryl methyl sites for hydroxylation is 1. The largest absolute Gasteiger partial charge is 0.481 e. The van der Waals surface area contributed by atoms with Crippen molar-refractivity contribution in [2.45, 2.75) is 12.6 Å². The fraction of sp³-hybridized carbons (Fsp3) is 0.364. The molecule has 0 spiro atoms. The summed E-state index contributed by atoms with van der Waals surface area (Å²) in [5, 5.41) is 4.57. The van der Waals surface area contributed by atoms with Gasteiger partial charge < -0.3 is 25.0 Å². The van der Waals surface area contributed by atoms with E-state index in [-0.39, 0.29) is 24.9 Å². The number of nitrogens with zero attached hydrogens (tertiary/aromatic N) is 6. The van der Waals surface area contributed by atoms with E-state index >= 15 is 0 Å². The molecule has 0 unspecified atom stereocenters. The van der Waals surface area contributed by atoms with E-state index in [2.05, 4.69) is 10.1 Å². The summed E-state index contributed by atoms with van der Waals surface area (Å²) < 4.78 is 27.3. The number of amides is 1. The second kappa shape index (κ2) is 8.00. The van der Waals surface area contributed by atoms with Gasteiger partial charge in [-0.2, -0.15) is 5.10 Å². The van der Waals surface area contributed by atoms with Gasteiger partial charge in [-0.25, -0.2) is 19.0 Å². The van der Waals surface area contributed by atoms with Crippen molar-refractivity contribution in [3.8, 4) is 17.1 Å². The third-order valence-electron chi connectivity index (χ3n) is 6.04. The lowest BCUT2D eigenvalue weighted by molar-refractivity contribution is 0.0771. The number of aromatic nitrogens is 4. The maximum absolute atomic E-state index is 14.4. The molecule has 2 aliphatic heterocycles. The number of fused-ring (bicyclic) bond motifs is 8. The minimum Gasteiger partial charge on any atom is -0.481 e. The first kappa shape index (κ1) is 21.1. The molecule has 33 heavy (non-hydrogen) atoms. The Bertz CT molecular complexity index is 1240. The quantitative estimate of drug-likeness (QED) is 0.594. The lowest BCUT2D eigenvalue weighted by Gasteiger charge is -2.38. The molecule has 2 aliphatic rings. The molecule has 5 rings (SSSR count). The van der Waals surface area contributed by atoms with E-state index in [1.807, 2.05) is 4.90 Å². The number of nitrogen functional groups attached to an aromatic ring is 1. The number of rotatable bonds is 1. The Labute approximate surface area is 189 Å². The Morgan fingerprint density at radius 3 is 2.91 bits per heavy atom. The van der Waals surface area contributed by atoms with Crippen LogP contribution in [0.5, 0.6) is 5.88 Å². The second-order valence-electron chi connectivity index (χ2n) is 8.10. The van der Waals surface area contributed by atoms with Crippen molar-refractivity contribution < 1.29 is 18.7 Å². The lowest BCUT2D eigenvalue weighted by Crippen LogP contribution is -2.42. The molecule has 4 heterocycles. The van der Waals surface area contributed by atoms with Gasteiger partial charge in [-0.05, 0) is 23.8 Å². The van der Waals surface area contributed by atoms with Crippen LogP contribution < -0.4 is 15.4 Å². The summed E-state index contributed by atoms with van der Waals surface area (Å²) in [7, 11) is 4.99. The highest BCUT2D eigenvalue weighted by molar-refractivity contribution is 5.96. The molecule has 10 nitrogen and oxygen atoms in total. The van der Waals surface area contributed by atoms with Crippen LogP contribution in [0, 0.1) is 5.82 Å². The highest BCUT2D eigenvalue weighted by Gasteiger charge is 2.34. The fourth-order valence-electron chi connectivity index (χ4n) is 4.51. The number of nitrogens with two attached hydrogens (primary N) is 1. The summed E-state index contributed by atoms with van der Waals surface area (Å²) in [4.78, 5) is 26.2. The molecule has 1 amide bonds. The van der Waals surface area contributed by atoms with E-state index in [4.69, 9.17) is 20.2 Å². The van der Waals surface area contributed by atoms with E-state index in [0.717, 1.165) is 0 Å². The zero-order chi connectivity index (χ0) is 23.3. The summed E-state index contributed by atoms with van der Waals surface area (Å²) in [6.45, 7) is 1.32. The molecule has 2 aromatic heterocycles. The number of anilines is 2. The first-order valence-electron chi connectivity index (χ1n) is 10.5. The van der Waals surface area contributed by atoms with Crippen molar-refractivity contribution >= 4 is 17.5 Å². The number of halogens is 1. The van der Waals surface area contributed by atoms with Gasteiger partial charge in [-0.15, -0.1) is 0 Å². The number of carbonyl (C=O) groups is 1. The topological polar surface area (TPSA) is 112 Å². The minimum atomic E-state index is -0.469. The van der Waals surface area contributed by atoms with Crippen LogP contribution in [-0.4, -0.2) is 64.5 Å². The van der Waals surface area contributed by atoms with E-state index in [9.17, 15) is 9.18 Å². The summed E-state index contributed by atoms with van der Waals surface area (Å²) >= 11 is 0. The Morgan fingerprint density at radius 1 is 1.30 bits per heavy atom. The van der Waals surface area contributed by atoms with Crippen molar-refractivity contribution in [2.24, 2.45) is 7.05 Å². The van der Waals surface area contributed by atoms with Gasteiger partial charge in [-0.3, -0.25) is 4.79 Å². The van der Waals surface area contributed by atoms with Crippen LogP contribution in [0.4, 0.5) is 16.0 Å². The third-order valence-corrected chi connectivity index (χ3v) is 6.04. The Kier molecular flexibility index (Phi) is 5.12. The molecule has 0 saturated carbocycles. The van der Waals surface area contributed by atoms with Gasteiger partial charge in [-0.1, -0.05) is 0 Å². The molecule has 2 N–H and O–H groups in total. The number of carbonyl (C=O) groups excluding carboxylic acids is 1. The minimum absolute atomic E-state index is 0.189. The summed E-state index contributed by atoms with van der Waals surface area (Å²) in [5.74, 6) is 0.470. The molecule has 11 heteroatoms. The number of hydrogen-bond acceptors (Lipinski definition) is 8. The number of methoxy groups -OCH3 is 1. The maximum Gasteiger partial charge on any atom is 0.254 e. The molecule has 0 aliphatic carbocycles. The third kappa shape index (κ3) is 3.44. The molecule has 0 radical (unpaired) electrons. The van der Waals surface area contributed by atoms with E-state index in [1.165, 1.54) is 18.2 Å². The van der Waals surface area contributed by atoms with Crippen LogP contribution in [-0.2, 0) is 18.3 Å².